The number of hydrogen-bond donors (Lipinski definition) is 1. The van der Waals surface area contributed by atoms with Gasteiger partial charge in [0.1, 0.15) is 5.75 Å². The van der Waals surface area contributed by atoms with E-state index in [1.807, 2.05) is 20.8 Å². The van der Waals surface area contributed by atoms with Crippen LogP contribution < -0.4 is 9.46 Å². The Morgan fingerprint density at radius 2 is 1.80 bits per heavy atom. The molecule has 2 aromatic rings. The highest BCUT2D eigenvalue weighted by atomic mass is 32.2. The summed E-state index contributed by atoms with van der Waals surface area (Å²) in [4.78, 5) is 4.58. The lowest BCUT2D eigenvalue weighted by Gasteiger charge is -2.13. The Bertz CT molecular complexity index is 828. The average Bonchev–Trinajstić information content (AvgIpc) is 2.94. The van der Waals surface area contributed by atoms with Crippen LogP contribution in [0.25, 0.3) is 0 Å². The number of sulfonamides is 1. The molecule has 1 aromatic heterocycles. The highest BCUT2D eigenvalue weighted by Gasteiger charge is 2.23. The van der Waals surface area contributed by atoms with Gasteiger partial charge in [-0.25, -0.2) is 13.1 Å². The number of hydrogen-bond acceptors (Lipinski definition) is 6. The van der Waals surface area contributed by atoms with Gasteiger partial charge in [-0.15, -0.1) is 0 Å². The van der Waals surface area contributed by atoms with Crippen LogP contribution in [0.3, 0.4) is 0 Å². The Labute approximate surface area is 148 Å². The van der Waals surface area contributed by atoms with Crippen molar-refractivity contribution in [3.8, 4) is 5.75 Å². The molecule has 0 aliphatic carbocycles. The first-order valence-corrected chi connectivity index (χ1v) is 9.51. The van der Waals surface area contributed by atoms with Gasteiger partial charge in [-0.2, -0.15) is 4.98 Å². The molecule has 0 aliphatic rings. The van der Waals surface area contributed by atoms with E-state index in [-0.39, 0.29) is 16.9 Å². The Morgan fingerprint density at radius 1 is 1.20 bits per heavy atom. The number of methoxy groups -OCH3 is 1. The van der Waals surface area contributed by atoms with Crippen molar-refractivity contribution in [3.63, 3.8) is 0 Å². The first-order chi connectivity index (χ1) is 11.5. The van der Waals surface area contributed by atoms with Gasteiger partial charge in [0.15, 0.2) is 5.82 Å². The summed E-state index contributed by atoms with van der Waals surface area (Å²) in [5.74, 6) is 1.65. The van der Waals surface area contributed by atoms with Crippen molar-refractivity contribution >= 4 is 10.0 Å². The third-order valence-corrected chi connectivity index (χ3v) is 5.45. The number of nitrogens with one attached hydrogen (secondary N) is 1. The van der Waals surface area contributed by atoms with E-state index in [0.717, 1.165) is 0 Å². The zero-order valence-corrected chi connectivity index (χ0v) is 16.3. The van der Waals surface area contributed by atoms with E-state index >= 15 is 0 Å². The largest absolute Gasteiger partial charge is 0.497 e. The molecule has 0 fully saturated rings. The average molecular weight is 367 g/mol. The topological polar surface area (TPSA) is 94.3 Å². The van der Waals surface area contributed by atoms with Gasteiger partial charge in [-0.3, -0.25) is 0 Å². The van der Waals surface area contributed by atoms with Gasteiger partial charge in [-0.1, -0.05) is 25.9 Å². The van der Waals surface area contributed by atoms with E-state index in [0.29, 0.717) is 35.0 Å². The van der Waals surface area contributed by atoms with Crippen LogP contribution >= 0.6 is 0 Å². The molecule has 0 atom stereocenters. The van der Waals surface area contributed by atoms with Crippen molar-refractivity contribution in [1.29, 1.82) is 0 Å². The van der Waals surface area contributed by atoms with Gasteiger partial charge >= 0.3 is 0 Å². The zero-order chi connectivity index (χ0) is 18.8. The smallest absolute Gasteiger partial charge is 0.241 e. The second kappa shape index (κ2) is 7.13. The van der Waals surface area contributed by atoms with Crippen molar-refractivity contribution < 1.29 is 17.7 Å². The first-order valence-electron chi connectivity index (χ1n) is 8.02. The van der Waals surface area contributed by atoms with Gasteiger partial charge in [0.05, 0.1) is 12.0 Å². The lowest BCUT2D eigenvalue weighted by molar-refractivity contribution is 0.318. The summed E-state index contributed by atoms with van der Waals surface area (Å²) in [6.45, 7) is 9.61. The molecule has 0 saturated carbocycles. The molecular weight excluding hydrogens is 342 g/mol. The number of aromatic nitrogens is 2. The van der Waals surface area contributed by atoms with Gasteiger partial charge in [0, 0.05) is 18.4 Å². The maximum atomic E-state index is 12.6. The van der Waals surface area contributed by atoms with Crippen LogP contribution in [0, 0.1) is 13.8 Å². The Morgan fingerprint density at radius 3 is 2.28 bits per heavy atom. The summed E-state index contributed by atoms with van der Waals surface area (Å²) < 4.78 is 38.2. The van der Waals surface area contributed by atoms with Crippen molar-refractivity contribution in [1.82, 2.24) is 14.9 Å². The molecule has 0 radical (unpaired) electrons. The second-order valence-electron chi connectivity index (χ2n) is 7.00. The third-order valence-electron chi connectivity index (χ3n) is 3.69. The standard InChI is InChI=1S/C17H25N3O4S/c1-11-9-13(23-6)10-12(2)15(11)25(21,22)18-8-7-14-19-16(24-20-14)17(3,4)5/h9-10,18H,7-8H2,1-6H3. The SMILES string of the molecule is COc1cc(C)c(S(=O)(=O)NCCc2noc(C(C)(C)C)n2)c(C)c1. The maximum Gasteiger partial charge on any atom is 0.241 e. The van der Waals surface area contributed by atoms with E-state index in [1.54, 1.807) is 33.1 Å². The molecular formula is C17H25N3O4S. The number of aryl methyl sites for hydroxylation is 2. The normalized spacial score (nSPS) is 12.4. The summed E-state index contributed by atoms with van der Waals surface area (Å²) in [7, 11) is -2.08. The fourth-order valence-electron chi connectivity index (χ4n) is 2.48. The molecule has 138 valence electrons. The Hall–Kier alpha value is -1.93. The predicted octanol–water partition coefficient (Wildman–Crippen LogP) is 2.51. The van der Waals surface area contributed by atoms with Crippen LogP contribution in [0.4, 0.5) is 0 Å². The molecule has 1 N–H and O–H groups in total. The molecule has 0 saturated heterocycles. The van der Waals surface area contributed by atoms with Crippen LogP contribution in [0.2, 0.25) is 0 Å². The molecule has 0 amide bonds. The number of rotatable bonds is 6. The molecule has 8 heteroatoms. The summed E-state index contributed by atoms with van der Waals surface area (Å²) >= 11 is 0. The van der Waals surface area contributed by atoms with Crippen LogP contribution in [0.15, 0.2) is 21.6 Å². The summed E-state index contributed by atoms with van der Waals surface area (Å²) in [6, 6.07) is 3.41. The van der Waals surface area contributed by atoms with Crippen LogP contribution in [-0.4, -0.2) is 32.2 Å². The molecule has 0 unspecified atom stereocenters. The lowest BCUT2D eigenvalue weighted by atomic mass is 9.97. The van der Waals surface area contributed by atoms with Gasteiger partial charge in [0.2, 0.25) is 15.9 Å². The minimum absolute atomic E-state index is 0.191. The number of nitrogens with zero attached hydrogens (tertiary/aromatic N) is 2. The molecule has 0 bridgehead atoms. The highest BCUT2D eigenvalue weighted by Crippen LogP contribution is 2.25. The molecule has 0 spiro atoms. The number of ether oxygens (including phenoxy) is 1. The van der Waals surface area contributed by atoms with Crippen LogP contribution in [0.5, 0.6) is 5.75 Å². The summed E-state index contributed by atoms with van der Waals surface area (Å²) in [6.07, 6.45) is 0.354. The fourth-order valence-corrected chi connectivity index (χ4v) is 3.96. The van der Waals surface area contributed by atoms with Crippen LogP contribution in [-0.2, 0) is 21.9 Å². The highest BCUT2D eigenvalue weighted by molar-refractivity contribution is 7.89. The van der Waals surface area contributed by atoms with Crippen molar-refractivity contribution in [2.75, 3.05) is 13.7 Å². The molecule has 7 nitrogen and oxygen atoms in total. The van der Waals surface area contributed by atoms with E-state index in [9.17, 15) is 8.42 Å². The Kier molecular flexibility index (Phi) is 5.53. The molecule has 25 heavy (non-hydrogen) atoms. The molecule has 1 heterocycles. The van der Waals surface area contributed by atoms with E-state index in [4.69, 9.17) is 9.26 Å². The minimum atomic E-state index is -3.63. The monoisotopic (exact) mass is 367 g/mol. The van der Waals surface area contributed by atoms with E-state index in [1.165, 1.54) is 0 Å². The Balaban J connectivity index is 2.09. The van der Waals surface area contributed by atoms with Crippen molar-refractivity contribution in [2.24, 2.45) is 0 Å². The third kappa shape index (κ3) is 4.58. The molecule has 1 aromatic carbocycles. The van der Waals surface area contributed by atoms with E-state index < -0.39 is 10.0 Å². The first kappa shape index (κ1) is 19.4. The van der Waals surface area contributed by atoms with Crippen molar-refractivity contribution in [3.05, 3.63) is 35.0 Å². The molecule has 0 aliphatic heterocycles. The second-order valence-corrected chi connectivity index (χ2v) is 8.71. The number of benzene rings is 1. The van der Waals surface area contributed by atoms with Gasteiger partial charge < -0.3 is 9.26 Å². The quantitative estimate of drug-likeness (QED) is 0.843. The zero-order valence-electron chi connectivity index (χ0n) is 15.5. The summed E-state index contributed by atoms with van der Waals surface area (Å²) in [5, 5.41) is 3.90. The fraction of sp³-hybridized carbons (Fsp3) is 0.529. The van der Waals surface area contributed by atoms with E-state index in [2.05, 4.69) is 14.9 Å². The maximum absolute atomic E-state index is 12.6. The minimum Gasteiger partial charge on any atom is -0.497 e. The van der Waals surface area contributed by atoms with Gasteiger partial charge in [0.25, 0.3) is 0 Å². The van der Waals surface area contributed by atoms with Crippen LogP contribution in [0.1, 0.15) is 43.6 Å². The molecule has 2 rings (SSSR count). The van der Waals surface area contributed by atoms with Gasteiger partial charge in [-0.05, 0) is 37.1 Å². The summed E-state index contributed by atoms with van der Waals surface area (Å²) in [5.41, 5.74) is 1.04. The lowest BCUT2D eigenvalue weighted by Crippen LogP contribution is -2.27. The predicted molar refractivity (Wildman–Crippen MR) is 94.4 cm³/mol. The van der Waals surface area contributed by atoms with Crippen molar-refractivity contribution in [2.45, 2.75) is 51.3 Å².